The molecule has 1 aliphatic heterocycles. The third-order valence-corrected chi connectivity index (χ3v) is 8.65. The van der Waals surface area contributed by atoms with Gasteiger partial charge in [0.05, 0.1) is 11.6 Å². The van der Waals surface area contributed by atoms with Gasteiger partial charge in [-0.05, 0) is 49.1 Å². The number of carbonyl (C=O) groups is 1. The maximum absolute atomic E-state index is 14.7. The van der Waals surface area contributed by atoms with E-state index in [1.807, 2.05) is 30.3 Å². The van der Waals surface area contributed by atoms with Crippen LogP contribution in [0.15, 0.2) is 83.8 Å². The Morgan fingerprint density at radius 1 is 0.865 bits per heavy atom. The number of nitrogens with zero attached hydrogens (tertiary/aromatic N) is 2. The first-order chi connectivity index (χ1) is 17.9. The number of ether oxygens (including phenoxy) is 1. The van der Waals surface area contributed by atoms with Crippen molar-refractivity contribution in [3.63, 3.8) is 0 Å². The summed E-state index contributed by atoms with van der Waals surface area (Å²) in [5.74, 6) is -0.513. The van der Waals surface area contributed by atoms with E-state index in [1.165, 1.54) is 22.5 Å². The highest BCUT2D eigenvalue weighted by Gasteiger charge is 2.34. The molecule has 1 heterocycles. The number of benzene rings is 3. The number of hydrogen-bond donors (Lipinski definition) is 0. The number of para-hydroxylation sites is 1. The van der Waals surface area contributed by atoms with Crippen molar-refractivity contribution in [2.24, 2.45) is 0 Å². The van der Waals surface area contributed by atoms with Crippen LogP contribution < -0.4 is 4.74 Å². The van der Waals surface area contributed by atoms with Gasteiger partial charge >= 0.3 is 0 Å². The highest BCUT2D eigenvalue weighted by atomic mass is 32.2. The van der Waals surface area contributed by atoms with Crippen molar-refractivity contribution in [1.82, 2.24) is 9.21 Å². The van der Waals surface area contributed by atoms with Gasteiger partial charge in [0.25, 0.3) is 5.91 Å². The zero-order valence-corrected chi connectivity index (χ0v) is 21.9. The van der Waals surface area contributed by atoms with Crippen molar-refractivity contribution in [3.8, 4) is 5.75 Å². The van der Waals surface area contributed by atoms with E-state index in [2.05, 4.69) is 0 Å². The fourth-order valence-electron chi connectivity index (χ4n) is 4.64. The molecule has 0 bridgehead atoms. The first kappa shape index (κ1) is 26.8. The number of halogens is 1. The molecule has 0 saturated heterocycles. The van der Waals surface area contributed by atoms with Crippen molar-refractivity contribution >= 4 is 15.9 Å². The van der Waals surface area contributed by atoms with Gasteiger partial charge in [-0.3, -0.25) is 4.79 Å². The van der Waals surface area contributed by atoms with Gasteiger partial charge in [-0.25, -0.2) is 12.8 Å². The lowest BCUT2D eigenvalue weighted by atomic mass is 10.1. The molecule has 1 atom stereocenters. The molecular weight excluding hydrogens is 491 g/mol. The maximum atomic E-state index is 14.7. The molecule has 0 aliphatic carbocycles. The minimum absolute atomic E-state index is 0.0105. The lowest BCUT2D eigenvalue weighted by Gasteiger charge is -2.32. The fourth-order valence-corrected chi connectivity index (χ4v) is 6.36. The largest absolute Gasteiger partial charge is 0.491 e. The Morgan fingerprint density at radius 2 is 1.51 bits per heavy atom. The Kier molecular flexibility index (Phi) is 8.95. The summed E-state index contributed by atoms with van der Waals surface area (Å²) in [5.41, 5.74) is 1.37. The Bertz CT molecular complexity index is 1300. The number of carbonyl (C=O) groups excluding carboxylic acids is 1. The van der Waals surface area contributed by atoms with E-state index in [-0.39, 0.29) is 24.0 Å². The molecule has 37 heavy (non-hydrogen) atoms. The van der Waals surface area contributed by atoms with Gasteiger partial charge in [0.15, 0.2) is 0 Å². The molecule has 0 spiro atoms. The van der Waals surface area contributed by atoms with Gasteiger partial charge in [-0.2, -0.15) is 4.31 Å². The average Bonchev–Trinajstić information content (AvgIpc) is 2.90. The molecule has 0 N–H and O–H groups in total. The molecule has 3 aromatic rings. The minimum Gasteiger partial charge on any atom is -0.491 e. The van der Waals surface area contributed by atoms with Crippen molar-refractivity contribution in [1.29, 1.82) is 0 Å². The molecule has 196 valence electrons. The van der Waals surface area contributed by atoms with E-state index in [0.717, 1.165) is 30.9 Å². The van der Waals surface area contributed by atoms with Crippen molar-refractivity contribution in [3.05, 3.63) is 95.8 Å². The molecule has 0 unspecified atom stereocenters. The third kappa shape index (κ3) is 6.56. The summed E-state index contributed by atoms with van der Waals surface area (Å²) in [4.78, 5) is 14.5. The lowest BCUT2D eigenvalue weighted by molar-refractivity contribution is 0.0785. The average molecular weight is 525 g/mol. The number of fused-ring (bicyclic) bond motifs is 1. The van der Waals surface area contributed by atoms with Crippen molar-refractivity contribution in [2.75, 3.05) is 26.7 Å². The summed E-state index contributed by atoms with van der Waals surface area (Å²) in [6.45, 7) is 0.853. The zero-order valence-electron chi connectivity index (χ0n) is 21.1. The van der Waals surface area contributed by atoms with Crippen LogP contribution in [0, 0.1) is 5.82 Å². The standard InChI is InChI=1S/C29H33FN2O4S/c1-31-19-11-2-3-12-20-32(37(34,35)28-18-10-8-16-26(28)30)24(21-23-13-5-4-6-14-23)22-36-27-17-9-7-15-25(27)29(31)33/h4-10,13-18,24H,2-3,11-12,19-22H2,1H3/t24-/m1/s1. The predicted octanol–water partition coefficient (Wildman–Crippen LogP) is 5.15. The molecule has 0 aromatic heterocycles. The van der Waals surface area contributed by atoms with E-state index >= 15 is 0 Å². The van der Waals surface area contributed by atoms with Crippen LogP contribution in [0.5, 0.6) is 5.75 Å². The highest BCUT2D eigenvalue weighted by molar-refractivity contribution is 7.89. The quantitative estimate of drug-likeness (QED) is 0.473. The van der Waals surface area contributed by atoms with Gasteiger partial charge in [0.1, 0.15) is 23.1 Å². The van der Waals surface area contributed by atoms with E-state index in [9.17, 15) is 17.6 Å². The van der Waals surface area contributed by atoms with Crippen LogP contribution in [0.2, 0.25) is 0 Å². The molecule has 0 fully saturated rings. The van der Waals surface area contributed by atoms with Gasteiger partial charge in [-0.1, -0.05) is 67.4 Å². The lowest BCUT2D eigenvalue weighted by Crippen LogP contribution is -2.46. The fraction of sp³-hybridized carbons (Fsp3) is 0.345. The number of hydrogen-bond acceptors (Lipinski definition) is 4. The number of amides is 1. The summed E-state index contributed by atoms with van der Waals surface area (Å²) >= 11 is 0. The minimum atomic E-state index is -4.16. The topological polar surface area (TPSA) is 66.9 Å². The number of rotatable bonds is 4. The summed E-state index contributed by atoms with van der Waals surface area (Å²) in [6.07, 6.45) is 3.45. The van der Waals surface area contributed by atoms with E-state index in [1.54, 1.807) is 36.2 Å². The monoisotopic (exact) mass is 524 g/mol. The van der Waals surface area contributed by atoms with Crippen LogP contribution >= 0.6 is 0 Å². The van der Waals surface area contributed by atoms with Crippen LogP contribution in [0.3, 0.4) is 0 Å². The van der Waals surface area contributed by atoms with E-state index < -0.39 is 21.9 Å². The Morgan fingerprint density at radius 3 is 2.27 bits per heavy atom. The highest BCUT2D eigenvalue weighted by Crippen LogP contribution is 2.26. The Balaban J connectivity index is 1.75. The second kappa shape index (κ2) is 12.3. The van der Waals surface area contributed by atoms with Crippen molar-refractivity contribution in [2.45, 2.75) is 43.0 Å². The summed E-state index contributed by atoms with van der Waals surface area (Å²) in [7, 11) is -2.38. The molecule has 1 aliphatic rings. The van der Waals surface area contributed by atoms with Crippen LogP contribution in [0.4, 0.5) is 4.39 Å². The van der Waals surface area contributed by atoms with E-state index in [4.69, 9.17) is 4.74 Å². The molecular formula is C29H33FN2O4S. The summed E-state index contributed by atoms with van der Waals surface area (Å²) < 4.78 is 50.0. The molecule has 4 rings (SSSR count). The molecule has 0 saturated carbocycles. The third-order valence-electron chi connectivity index (χ3n) is 6.66. The normalized spacial score (nSPS) is 18.5. The van der Waals surface area contributed by atoms with Crippen LogP contribution in [0.25, 0.3) is 0 Å². The second-order valence-electron chi connectivity index (χ2n) is 9.34. The molecule has 1 amide bonds. The van der Waals surface area contributed by atoms with Crippen LogP contribution in [-0.4, -0.2) is 56.3 Å². The Hall–Kier alpha value is -3.23. The van der Waals surface area contributed by atoms with E-state index in [0.29, 0.717) is 30.7 Å². The van der Waals surface area contributed by atoms with Gasteiger partial charge in [0, 0.05) is 20.1 Å². The summed E-state index contributed by atoms with van der Waals surface area (Å²) in [6, 6.07) is 21.5. The maximum Gasteiger partial charge on any atom is 0.257 e. The SMILES string of the molecule is CN1CCCCCCN(S(=O)(=O)c2ccccc2F)[C@H](Cc2ccccc2)COc2ccccc2C1=O. The first-order valence-corrected chi connectivity index (χ1v) is 14.1. The molecule has 6 nitrogen and oxygen atoms in total. The first-order valence-electron chi connectivity index (χ1n) is 12.7. The summed E-state index contributed by atoms with van der Waals surface area (Å²) in [5, 5.41) is 0. The number of sulfonamides is 1. The Labute approximate surface area is 218 Å². The smallest absolute Gasteiger partial charge is 0.257 e. The van der Waals surface area contributed by atoms with Crippen LogP contribution in [0.1, 0.15) is 41.6 Å². The zero-order chi connectivity index (χ0) is 26.3. The van der Waals surface area contributed by atoms with Gasteiger partial charge in [0.2, 0.25) is 10.0 Å². The molecule has 3 aromatic carbocycles. The molecule has 8 heteroatoms. The van der Waals surface area contributed by atoms with Gasteiger partial charge in [-0.15, -0.1) is 0 Å². The molecule has 0 radical (unpaired) electrons. The predicted molar refractivity (Wildman–Crippen MR) is 142 cm³/mol. The second-order valence-corrected chi connectivity index (χ2v) is 11.2. The van der Waals surface area contributed by atoms with Crippen LogP contribution in [-0.2, 0) is 16.4 Å². The van der Waals surface area contributed by atoms with Gasteiger partial charge < -0.3 is 9.64 Å². The van der Waals surface area contributed by atoms with Crippen molar-refractivity contribution < 1.29 is 22.3 Å².